The molecule has 0 heterocycles. The molecule has 0 saturated carbocycles. The van der Waals surface area contributed by atoms with E-state index in [9.17, 15) is 0 Å². The molecule has 0 aliphatic carbocycles. The fourth-order valence-electron chi connectivity index (χ4n) is 1.16. The molecule has 1 rings (SSSR count). The normalized spacial score (nSPS) is 9.75. The first-order valence-electron chi connectivity index (χ1n) is 4.72. The second-order valence-corrected chi connectivity index (χ2v) is 3.00. The summed E-state index contributed by atoms with van der Waals surface area (Å²) in [6.45, 7) is 3.32. The lowest BCUT2D eigenvalue weighted by molar-refractivity contribution is 0.744. The summed E-state index contributed by atoms with van der Waals surface area (Å²) in [7, 11) is 0. The van der Waals surface area contributed by atoms with Crippen LogP contribution in [0.5, 0.6) is 0 Å². The van der Waals surface area contributed by atoms with E-state index in [1.807, 2.05) is 6.07 Å². The minimum atomic E-state index is 1.10. The Morgan fingerprint density at radius 2 is 1.83 bits per heavy atom. The van der Waals surface area contributed by atoms with Crippen molar-refractivity contribution < 1.29 is 0 Å². The van der Waals surface area contributed by atoms with Gasteiger partial charge < -0.3 is 5.32 Å². The Hall–Kier alpha value is -0.980. The van der Waals surface area contributed by atoms with Crippen LogP contribution in [0.4, 0.5) is 5.69 Å². The SMILES string of the molecule is CCCCCNc1ccccc1. The zero-order valence-corrected chi connectivity index (χ0v) is 7.72. The molecule has 0 aliphatic heterocycles. The molecular formula is C11H17N. The van der Waals surface area contributed by atoms with Crippen LogP contribution in [0.1, 0.15) is 26.2 Å². The molecule has 0 fully saturated rings. The lowest BCUT2D eigenvalue weighted by Crippen LogP contribution is -2.00. The van der Waals surface area contributed by atoms with Crippen molar-refractivity contribution in [2.75, 3.05) is 11.9 Å². The number of nitrogens with one attached hydrogen (secondary N) is 1. The monoisotopic (exact) mass is 163 g/mol. The summed E-state index contributed by atoms with van der Waals surface area (Å²) in [6.07, 6.45) is 3.88. The molecule has 0 spiro atoms. The average Bonchev–Trinajstić information content (AvgIpc) is 2.14. The van der Waals surface area contributed by atoms with Gasteiger partial charge in [0.25, 0.3) is 0 Å². The van der Waals surface area contributed by atoms with Crippen LogP contribution in [0.25, 0.3) is 0 Å². The number of hydrogen-bond acceptors (Lipinski definition) is 1. The number of anilines is 1. The van der Waals surface area contributed by atoms with E-state index in [0.29, 0.717) is 0 Å². The maximum Gasteiger partial charge on any atom is 0.0340 e. The van der Waals surface area contributed by atoms with Crippen LogP contribution in [0.3, 0.4) is 0 Å². The fourth-order valence-corrected chi connectivity index (χ4v) is 1.16. The van der Waals surface area contributed by atoms with Crippen LogP contribution in [0.15, 0.2) is 30.3 Å². The Labute approximate surface area is 74.8 Å². The number of hydrogen-bond donors (Lipinski definition) is 1. The van der Waals surface area contributed by atoms with Crippen molar-refractivity contribution in [3.8, 4) is 0 Å². The van der Waals surface area contributed by atoms with E-state index >= 15 is 0 Å². The standard InChI is InChI=1S/C11H17N/c1-2-3-7-10-12-11-8-5-4-6-9-11/h4-6,8-9,12H,2-3,7,10H2,1H3. The Bertz CT molecular complexity index is 193. The predicted molar refractivity (Wildman–Crippen MR) is 54.5 cm³/mol. The minimum Gasteiger partial charge on any atom is -0.385 e. The van der Waals surface area contributed by atoms with Gasteiger partial charge in [0.05, 0.1) is 0 Å². The summed E-state index contributed by atoms with van der Waals surface area (Å²) < 4.78 is 0. The number of unbranched alkanes of at least 4 members (excludes halogenated alkanes) is 2. The van der Waals surface area contributed by atoms with Crippen molar-refractivity contribution >= 4 is 5.69 Å². The molecule has 0 radical (unpaired) electrons. The number of para-hydroxylation sites is 1. The van der Waals surface area contributed by atoms with Gasteiger partial charge in [0.1, 0.15) is 0 Å². The molecule has 1 N–H and O–H groups in total. The smallest absolute Gasteiger partial charge is 0.0340 e. The van der Waals surface area contributed by atoms with E-state index in [2.05, 4.69) is 36.5 Å². The lowest BCUT2D eigenvalue weighted by Gasteiger charge is -2.04. The first kappa shape index (κ1) is 9.11. The van der Waals surface area contributed by atoms with E-state index in [1.165, 1.54) is 24.9 Å². The number of benzene rings is 1. The maximum atomic E-state index is 3.38. The minimum absolute atomic E-state index is 1.10. The van der Waals surface area contributed by atoms with Gasteiger partial charge in [-0.3, -0.25) is 0 Å². The first-order valence-corrected chi connectivity index (χ1v) is 4.72. The predicted octanol–water partition coefficient (Wildman–Crippen LogP) is 3.29. The summed E-state index contributed by atoms with van der Waals surface area (Å²) in [5.41, 5.74) is 1.23. The van der Waals surface area contributed by atoms with E-state index < -0.39 is 0 Å². The van der Waals surface area contributed by atoms with Gasteiger partial charge >= 0.3 is 0 Å². The third-order valence-corrected chi connectivity index (χ3v) is 1.88. The van der Waals surface area contributed by atoms with Gasteiger partial charge in [0.15, 0.2) is 0 Å². The Kier molecular flexibility index (Phi) is 4.28. The van der Waals surface area contributed by atoms with E-state index in [0.717, 1.165) is 6.54 Å². The highest BCUT2D eigenvalue weighted by Gasteiger charge is 1.87. The summed E-state index contributed by atoms with van der Waals surface area (Å²) >= 11 is 0. The van der Waals surface area contributed by atoms with Gasteiger partial charge in [-0.05, 0) is 18.6 Å². The molecular weight excluding hydrogens is 146 g/mol. The van der Waals surface area contributed by atoms with E-state index in [-0.39, 0.29) is 0 Å². The summed E-state index contributed by atoms with van der Waals surface area (Å²) in [6, 6.07) is 10.4. The van der Waals surface area contributed by atoms with Gasteiger partial charge in [0, 0.05) is 12.2 Å². The van der Waals surface area contributed by atoms with Crippen molar-refractivity contribution in [2.45, 2.75) is 26.2 Å². The molecule has 0 saturated heterocycles. The molecule has 12 heavy (non-hydrogen) atoms. The highest BCUT2D eigenvalue weighted by Crippen LogP contribution is 2.05. The van der Waals surface area contributed by atoms with Gasteiger partial charge in [-0.1, -0.05) is 38.0 Å². The third-order valence-electron chi connectivity index (χ3n) is 1.88. The highest BCUT2D eigenvalue weighted by atomic mass is 14.9. The fraction of sp³-hybridized carbons (Fsp3) is 0.455. The van der Waals surface area contributed by atoms with E-state index in [4.69, 9.17) is 0 Å². The van der Waals surface area contributed by atoms with Gasteiger partial charge in [-0.15, -0.1) is 0 Å². The quantitative estimate of drug-likeness (QED) is 0.657. The summed E-state index contributed by atoms with van der Waals surface area (Å²) in [5.74, 6) is 0. The first-order chi connectivity index (χ1) is 5.93. The molecule has 66 valence electrons. The molecule has 0 aromatic heterocycles. The Morgan fingerprint density at radius 3 is 2.50 bits per heavy atom. The van der Waals surface area contributed by atoms with Crippen LogP contribution in [-0.4, -0.2) is 6.54 Å². The second-order valence-electron chi connectivity index (χ2n) is 3.00. The molecule has 0 atom stereocenters. The van der Waals surface area contributed by atoms with Crippen molar-refractivity contribution in [3.63, 3.8) is 0 Å². The Balaban J connectivity index is 2.16. The molecule has 1 aromatic carbocycles. The van der Waals surface area contributed by atoms with Crippen molar-refractivity contribution in [2.24, 2.45) is 0 Å². The largest absolute Gasteiger partial charge is 0.385 e. The van der Waals surface area contributed by atoms with Crippen LogP contribution >= 0.6 is 0 Å². The molecule has 1 aromatic rings. The molecule has 0 amide bonds. The zero-order chi connectivity index (χ0) is 8.65. The van der Waals surface area contributed by atoms with Gasteiger partial charge in [-0.2, -0.15) is 0 Å². The van der Waals surface area contributed by atoms with Gasteiger partial charge in [0.2, 0.25) is 0 Å². The zero-order valence-electron chi connectivity index (χ0n) is 7.72. The van der Waals surface area contributed by atoms with Crippen LogP contribution in [0, 0.1) is 0 Å². The van der Waals surface area contributed by atoms with E-state index in [1.54, 1.807) is 0 Å². The average molecular weight is 163 g/mol. The summed E-state index contributed by atoms with van der Waals surface area (Å²) in [5, 5.41) is 3.38. The highest BCUT2D eigenvalue weighted by molar-refractivity contribution is 5.42. The van der Waals surface area contributed by atoms with Crippen molar-refractivity contribution in [3.05, 3.63) is 30.3 Å². The number of rotatable bonds is 5. The van der Waals surface area contributed by atoms with Crippen molar-refractivity contribution in [1.29, 1.82) is 0 Å². The topological polar surface area (TPSA) is 12.0 Å². The third kappa shape index (κ3) is 3.42. The molecule has 1 heteroatoms. The molecule has 0 bridgehead atoms. The summed E-state index contributed by atoms with van der Waals surface area (Å²) in [4.78, 5) is 0. The Morgan fingerprint density at radius 1 is 1.08 bits per heavy atom. The molecule has 0 aliphatic rings. The van der Waals surface area contributed by atoms with Crippen molar-refractivity contribution in [1.82, 2.24) is 0 Å². The van der Waals surface area contributed by atoms with Crippen LogP contribution in [-0.2, 0) is 0 Å². The van der Waals surface area contributed by atoms with Crippen LogP contribution in [0.2, 0.25) is 0 Å². The van der Waals surface area contributed by atoms with Gasteiger partial charge in [-0.25, -0.2) is 0 Å². The second kappa shape index (κ2) is 5.64. The molecule has 1 nitrogen and oxygen atoms in total. The maximum absolute atomic E-state index is 3.38. The van der Waals surface area contributed by atoms with Crippen LogP contribution < -0.4 is 5.32 Å². The lowest BCUT2D eigenvalue weighted by atomic mass is 10.2. The molecule has 0 unspecified atom stereocenters.